The lowest BCUT2D eigenvalue weighted by Crippen LogP contribution is -2.56. The van der Waals surface area contributed by atoms with Crippen molar-refractivity contribution in [2.45, 2.75) is 25.7 Å². The summed E-state index contributed by atoms with van der Waals surface area (Å²) in [6.45, 7) is 3.61. The lowest BCUT2D eigenvalue weighted by molar-refractivity contribution is -0.148. The molecule has 0 spiro atoms. The van der Waals surface area contributed by atoms with Crippen LogP contribution >= 0.6 is 0 Å². The maximum absolute atomic E-state index is 11.8. The second-order valence-corrected chi connectivity index (χ2v) is 5.88. The maximum Gasteiger partial charge on any atom is 0.329 e. The maximum atomic E-state index is 11.8. The van der Waals surface area contributed by atoms with Crippen LogP contribution in [0, 0.1) is 5.41 Å². The average molecular weight is 284 g/mol. The van der Waals surface area contributed by atoms with E-state index in [1.54, 1.807) is 0 Å². The Hall–Kier alpha value is -1.34. The monoisotopic (exact) mass is 284 g/mol. The first-order valence-electron chi connectivity index (χ1n) is 7.23. The van der Waals surface area contributed by atoms with Gasteiger partial charge in [0.2, 0.25) is 0 Å². The molecule has 3 N–H and O–H groups in total. The van der Waals surface area contributed by atoms with E-state index in [1.165, 1.54) is 0 Å². The molecule has 7 nitrogen and oxygen atoms in total. The Morgan fingerprint density at radius 1 is 1.15 bits per heavy atom. The second kappa shape index (κ2) is 6.41. The molecule has 1 saturated carbocycles. The highest BCUT2D eigenvalue weighted by atomic mass is 16.4. The van der Waals surface area contributed by atoms with E-state index >= 15 is 0 Å². The van der Waals surface area contributed by atoms with E-state index in [2.05, 4.69) is 15.6 Å². The number of nitrogens with one attached hydrogen (secondary N) is 2. The van der Waals surface area contributed by atoms with Gasteiger partial charge < -0.3 is 15.3 Å². The Morgan fingerprint density at radius 3 is 2.30 bits per heavy atom. The molecule has 2 amide bonds. The van der Waals surface area contributed by atoms with Crippen LogP contribution in [0.25, 0.3) is 0 Å². The minimum Gasteiger partial charge on any atom is -0.481 e. The van der Waals surface area contributed by atoms with Gasteiger partial charge in [0.25, 0.3) is 0 Å². The number of carbonyl (C=O) groups is 2. The summed E-state index contributed by atoms with van der Waals surface area (Å²) >= 11 is 0. The number of urea groups is 1. The SMILES string of the molecule is CN1CCN(NC(=O)NCC2(C(=O)O)CCCC2)CC1. The normalized spacial score (nSPS) is 23.4. The van der Waals surface area contributed by atoms with Crippen molar-refractivity contribution in [3.63, 3.8) is 0 Å². The number of nitrogens with zero attached hydrogens (tertiary/aromatic N) is 2. The van der Waals surface area contributed by atoms with Crippen molar-refractivity contribution >= 4 is 12.0 Å². The molecular formula is C13H24N4O3. The zero-order valence-electron chi connectivity index (χ0n) is 12.0. The van der Waals surface area contributed by atoms with Crippen molar-refractivity contribution < 1.29 is 14.7 Å². The van der Waals surface area contributed by atoms with Crippen LogP contribution in [0.3, 0.4) is 0 Å². The quantitative estimate of drug-likeness (QED) is 0.681. The Labute approximate surface area is 119 Å². The highest BCUT2D eigenvalue weighted by Crippen LogP contribution is 2.37. The molecule has 114 valence electrons. The summed E-state index contributed by atoms with van der Waals surface area (Å²) in [5.74, 6) is -0.796. The fourth-order valence-electron chi connectivity index (χ4n) is 2.87. The van der Waals surface area contributed by atoms with Gasteiger partial charge in [-0.1, -0.05) is 12.8 Å². The highest BCUT2D eigenvalue weighted by molar-refractivity contribution is 5.78. The van der Waals surface area contributed by atoms with Crippen LogP contribution in [-0.2, 0) is 4.79 Å². The van der Waals surface area contributed by atoms with Crippen molar-refractivity contribution in [2.24, 2.45) is 5.41 Å². The number of carbonyl (C=O) groups excluding carboxylic acids is 1. The predicted octanol–water partition coefficient (Wildman–Crippen LogP) is 0.0930. The third-order valence-electron chi connectivity index (χ3n) is 4.36. The van der Waals surface area contributed by atoms with Gasteiger partial charge in [-0.25, -0.2) is 9.80 Å². The number of likely N-dealkylation sites (N-methyl/N-ethyl adjacent to an activating group) is 1. The number of carboxylic acids is 1. The molecule has 0 aromatic carbocycles. The van der Waals surface area contributed by atoms with Crippen LogP contribution < -0.4 is 10.7 Å². The van der Waals surface area contributed by atoms with Gasteiger partial charge in [0.1, 0.15) is 0 Å². The third kappa shape index (κ3) is 3.61. The zero-order chi connectivity index (χ0) is 14.6. The van der Waals surface area contributed by atoms with Crippen molar-refractivity contribution in [3.05, 3.63) is 0 Å². The third-order valence-corrected chi connectivity index (χ3v) is 4.36. The van der Waals surface area contributed by atoms with E-state index in [4.69, 9.17) is 0 Å². The number of aliphatic carboxylic acids is 1. The van der Waals surface area contributed by atoms with E-state index in [0.29, 0.717) is 12.8 Å². The predicted molar refractivity (Wildman–Crippen MR) is 74.1 cm³/mol. The number of piperazine rings is 1. The molecule has 2 fully saturated rings. The molecule has 2 aliphatic rings. The molecule has 1 aliphatic carbocycles. The second-order valence-electron chi connectivity index (χ2n) is 5.88. The van der Waals surface area contributed by atoms with Crippen molar-refractivity contribution in [1.82, 2.24) is 20.7 Å². The average Bonchev–Trinajstić information content (AvgIpc) is 2.89. The van der Waals surface area contributed by atoms with Gasteiger partial charge in [0.05, 0.1) is 5.41 Å². The molecule has 1 saturated heterocycles. The number of rotatable bonds is 4. The lowest BCUT2D eigenvalue weighted by Gasteiger charge is -2.32. The lowest BCUT2D eigenvalue weighted by atomic mass is 9.86. The summed E-state index contributed by atoms with van der Waals surface area (Å²) < 4.78 is 0. The smallest absolute Gasteiger partial charge is 0.329 e. The summed E-state index contributed by atoms with van der Waals surface area (Å²) in [5, 5.41) is 13.9. The van der Waals surface area contributed by atoms with E-state index < -0.39 is 11.4 Å². The largest absolute Gasteiger partial charge is 0.481 e. The zero-order valence-corrected chi connectivity index (χ0v) is 12.0. The Balaban J connectivity index is 1.75. The fraction of sp³-hybridized carbons (Fsp3) is 0.846. The molecule has 1 aliphatic heterocycles. The number of hydrazine groups is 1. The summed E-state index contributed by atoms with van der Waals surface area (Å²) in [4.78, 5) is 25.4. The first-order chi connectivity index (χ1) is 9.52. The number of carboxylic acid groups (broad SMARTS) is 1. The molecule has 2 rings (SSSR count). The van der Waals surface area contributed by atoms with Gasteiger partial charge in [-0.3, -0.25) is 10.2 Å². The van der Waals surface area contributed by atoms with Crippen LogP contribution in [0.5, 0.6) is 0 Å². The standard InChI is InChI=1S/C13H24N4O3/c1-16-6-8-17(9-7-16)15-12(20)14-10-13(11(18)19)4-2-3-5-13/h2-10H2,1H3,(H,18,19)(H2,14,15,20). The van der Waals surface area contributed by atoms with Crippen molar-refractivity contribution in [1.29, 1.82) is 0 Å². The number of hydrogen-bond donors (Lipinski definition) is 3. The minimum atomic E-state index is -0.796. The van der Waals surface area contributed by atoms with E-state index in [0.717, 1.165) is 39.0 Å². The van der Waals surface area contributed by atoms with E-state index in [1.807, 2.05) is 12.1 Å². The van der Waals surface area contributed by atoms with Crippen molar-refractivity contribution in [2.75, 3.05) is 39.8 Å². The minimum absolute atomic E-state index is 0.210. The Bertz CT molecular complexity index is 361. The molecule has 0 radical (unpaired) electrons. The molecule has 1 heterocycles. The fourth-order valence-corrected chi connectivity index (χ4v) is 2.87. The number of hydrogen-bond acceptors (Lipinski definition) is 4. The summed E-state index contributed by atoms with van der Waals surface area (Å²) in [7, 11) is 2.05. The highest BCUT2D eigenvalue weighted by Gasteiger charge is 2.41. The van der Waals surface area contributed by atoms with Crippen LogP contribution in [0.2, 0.25) is 0 Å². The van der Waals surface area contributed by atoms with Crippen molar-refractivity contribution in [3.8, 4) is 0 Å². The Kier molecular flexibility index (Phi) is 4.82. The van der Waals surface area contributed by atoms with Crippen LogP contribution in [0.4, 0.5) is 4.79 Å². The van der Waals surface area contributed by atoms with Gasteiger partial charge >= 0.3 is 12.0 Å². The van der Waals surface area contributed by atoms with Crippen LogP contribution in [0.15, 0.2) is 0 Å². The molecule has 20 heavy (non-hydrogen) atoms. The van der Waals surface area contributed by atoms with E-state index in [-0.39, 0.29) is 12.6 Å². The van der Waals surface area contributed by atoms with Gasteiger partial charge in [-0.05, 0) is 19.9 Å². The molecule has 0 unspecified atom stereocenters. The first-order valence-corrected chi connectivity index (χ1v) is 7.23. The molecule has 0 aromatic heterocycles. The summed E-state index contributed by atoms with van der Waals surface area (Å²) in [5.41, 5.74) is 2.02. The first kappa shape index (κ1) is 15.1. The van der Waals surface area contributed by atoms with Gasteiger partial charge in [0, 0.05) is 32.7 Å². The van der Waals surface area contributed by atoms with Gasteiger partial charge in [-0.15, -0.1) is 0 Å². The van der Waals surface area contributed by atoms with Gasteiger partial charge in [0.15, 0.2) is 0 Å². The summed E-state index contributed by atoms with van der Waals surface area (Å²) in [6.07, 6.45) is 3.15. The summed E-state index contributed by atoms with van der Waals surface area (Å²) in [6, 6.07) is -0.304. The molecule has 0 aromatic rings. The van der Waals surface area contributed by atoms with E-state index in [9.17, 15) is 14.7 Å². The molecule has 0 bridgehead atoms. The number of amides is 2. The Morgan fingerprint density at radius 2 is 1.75 bits per heavy atom. The molecule has 0 atom stereocenters. The van der Waals surface area contributed by atoms with Gasteiger partial charge in [-0.2, -0.15) is 0 Å². The molecular weight excluding hydrogens is 260 g/mol. The topological polar surface area (TPSA) is 84.9 Å². The van der Waals surface area contributed by atoms with Crippen LogP contribution in [-0.4, -0.2) is 66.8 Å². The van der Waals surface area contributed by atoms with Crippen LogP contribution in [0.1, 0.15) is 25.7 Å². The molecule has 7 heteroatoms.